The van der Waals surface area contributed by atoms with Gasteiger partial charge in [0, 0.05) is 12.3 Å². The molecule has 0 saturated carbocycles. The number of hydrogen-bond donors (Lipinski definition) is 3. The molecule has 3 heterocycles. The van der Waals surface area contributed by atoms with Gasteiger partial charge in [0.15, 0.2) is 11.5 Å². The van der Waals surface area contributed by atoms with Crippen molar-refractivity contribution in [2.24, 2.45) is 5.92 Å². The van der Waals surface area contributed by atoms with E-state index >= 15 is 0 Å². The number of aromatic nitrogens is 4. The predicted octanol–water partition coefficient (Wildman–Crippen LogP) is 3.72. The molecule has 4 rings (SSSR count). The zero-order valence-electron chi connectivity index (χ0n) is 21.3. The van der Waals surface area contributed by atoms with Gasteiger partial charge in [-0.25, -0.2) is 19.7 Å². The number of carboxylic acid groups (broad SMARTS) is 1. The molecule has 0 bridgehead atoms. The van der Waals surface area contributed by atoms with Crippen LogP contribution in [0.15, 0.2) is 43.0 Å². The minimum absolute atomic E-state index is 0.180. The van der Waals surface area contributed by atoms with Crippen molar-refractivity contribution in [2.75, 3.05) is 12.3 Å². The van der Waals surface area contributed by atoms with Crippen LogP contribution in [0.4, 0.5) is 10.6 Å². The van der Waals surface area contributed by atoms with Crippen molar-refractivity contribution in [2.45, 2.75) is 63.8 Å². The van der Waals surface area contributed by atoms with Crippen LogP contribution in [0.5, 0.6) is 0 Å². The zero-order valence-corrected chi connectivity index (χ0v) is 22.3. The lowest BCUT2D eigenvalue weighted by atomic mass is 9.92. The highest BCUT2D eigenvalue weighted by Crippen LogP contribution is 2.39. The van der Waals surface area contributed by atoms with Gasteiger partial charge in [0.25, 0.3) is 0 Å². The summed E-state index contributed by atoms with van der Waals surface area (Å²) in [7, 11) is -3.05. The van der Waals surface area contributed by atoms with E-state index in [2.05, 4.69) is 15.0 Å². The summed E-state index contributed by atoms with van der Waals surface area (Å²) in [4.78, 5) is 23.8. The fourth-order valence-corrected chi connectivity index (χ4v) is 5.46. The number of benzene rings is 1. The number of fused-ring (bicyclic) bond motifs is 1. The van der Waals surface area contributed by atoms with E-state index in [0.717, 1.165) is 0 Å². The molecule has 38 heavy (non-hydrogen) atoms. The molecule has 0 aliphatic carbocycles. The number of nitrogens with zero attached hydrogens (tertiary/aromatic N) is 4. The number of ether oxygens (including phenoxy) is 2. The lowest BCUT2D eigenvalue weighted by Gasteiger charge is -2.39. The van der Waals surface area contributed by atoms with E-state index < -0.39 is 44.6 Å². The van der Waals surface area contributed by atoms with Crippen molar-refractivity contribution >= 4 is 31.4 Å². The summed E-state index contributed by atoms with van der Waals surface area (Å²) in [5, 5.41) is 19.8. The molecule has 2 aromatic heterocycles. The van der Waals surface area contributed by atoms with Gasteiger partial charge in [-0.3, -0.25) is 9.13 Å². The summed E-state index contributed by atoms with van der Waals surface area (Å²) in [5.74, 6) is -0.0592. The second-order valence-corrected chi connectivity index (χ2v) is 10.8. The van der Waals surface area contributed by atoms with Crippen LogP contribution >= 0.6 is 8.25 Å². The topological polar surface area (TPSA) is 181 Å². The molecule has 1 aromatic carbocycles. The quantitative estimate of drug-likeness (QED) is 0.247. The lowest BCUT2D eigenvalue weighted by Crippen LogP contribution is -2.47. The third-order valence-electron chi connectivity index (χ3n) is 6.36. The minimum atomic E-state index is -3.05. The summed E-state index contributed by atoms with van der Waals surface area (Å²) in [6.45, 7) is 4.98. The minimum Gasteiger partial charge on any atom is -0.450 e. The second-order valence-electron chi connectivity index (χ2n) is 9.83. The first-order valence-corrected chi connectivity index (χ1v) is 13.3. The zero-order chi connectivity index (χ0) is 27.4. The van der Waals surface area contributed by atoms with E-state index in [1.807, 2.05) is 25.1 Å². The normalized spacial score (nSPS) is 23.7. The van der Waals surface area contributed by atoms with Gasteiger partial charge >= 0.3 is 14.4 Å². The van der Waals surface area contributed by atoms with Gasteiger partial charge in [-0.15, -0.1) is 0 Å². The number of aliphatic hydroxyl groups excluding tert-OH is 1. The van der Waals surface area contributed by atoms with Crippen molar-refractivity contribution in [1.82, 2.24) is 19.5 Å². The van der Waals surface area contributed by atoms with Gasteiger partial charge in [0.2, 0.25) is 0 Å². The number of anilines is 1. The van der Waals surface area contributed by atoms with Gasteiger partial charge in [-0.05, 0) is 25.8 Å². The Labute approximate surface area is 219 Å². The molecule has 4 N–H and O–H groups in total. The molecule has 2 unspecified atom stereocenters. The molecule has 6 atom stereocenters. The van der Waals surface area contributed by atoms with Crippen molar-refractivity contribution in [3.63, 3.8) is 0 Å². The molecule has 0 radical (unpaired) electrons. The second kappa shape index (κ2) is 11.7. The largest absolute Gasteiger partial charge is 0.506 e. The number of nitrogens with two attached hydrogens (primary N) is 1. The van der Waals surface area contributed by atoms with E-state index in [0.29, 0.717) is 23.1 Å². The number of hydrogen-bond acceptors (Lipinski definition) is 11. The highest BCUT2D eigenvalue weighted by Gasteiger charge is 2.41. The van der Waals surface area contributed by atoms with E-state index in [4.69, 9.17) is 24.3 Å². The molecule has 1 aliphatic heterocycles. The number of rotatable bonds is 10. The molecule has 14 heteroatoms. The molecule has 0 spiro atoms. The monoisotopic (exact) mass is 549 g/mol. The van der Waals surface area contributed by atoms with Crippen LogP contribution in [-0.2, 0) is 23.1 Å². The lowest BCUT2D eigenvalue weighted by molar-refractivity contribution is -0.181. The molecule has 1 saturated heterocycles. The Hall–Kier alpha value is -3.09. The predicted molar refractivity (Wildman–Crippen MR) is 136 cm³/mol. The summed E-state index contributed by atoms with van der Waals surface area (Å²) in [5.41, 5.74) is 6.51. The van der Waals surface area contributed by atoms with E-state index in [9.17, 15) is 19.6 Å². The first-order valence-electron chi connectivity index (χ1n) is 12.1. The maximum atomic E-state index is 12.8. The number of aliphatic hydroxyl groups is 1. The molecule has 0 amide bonds. The standard InChI is InChI=1S/C24H32N5O8P/c1-14-9-18(29-13-28-19-21(25)26-12-27-22(19)29)35-17(20(14)36-23(31)32)11-34-38(33)37-24(2,3)10-16(30)15-7-5-4-6-8-15/h4-8,12-14,16-18,20,30,38H,9-11H2,1-3H3,(H,31,32)(H2,25,26,27)/t14-,16?,17+,18+,20-/m0/s1. The Kier molecular flexibility index (Phi) is 8.64. The average Bonchev–Trinajstić information content (AvgIpc) is 3.29. The SMILES string of the molecule is C[C@H]1C[C@H](n2cnc3c(N)ncnc32)O[C@H](CO[PH](=O)OC(C)(C)CC(O)c2ccccc2)[C@H]1OC(=O)O. The Morgan fingerprint density at radius 1 is 1.29 bits per heavy atom. The number of carbonyl (C=O) groups is 1. The molecular weight excluding hydrogens is 517 g/mol. The van der Waals surface area contributed by atoms with Crippen LogP contribution in [0.25, 0.3) is 11.2 Å². The van der Waals surface area contributed by atoms with Gasteiger partial charge in [0.05, 0.1) is 24.6 Å². The van der Waals surface area contributed by atoms with Crippen LogP contribution in [0, 0.1) is 5.92 Å². The molecule has 1 fully saturated rings. The Morgan fingerprint density at radius 3 is 2.74 bits per heavy atom. The number of nitrogen functional groups attached to an aromatic ring is 1. The van der Waals surface area contributed by atoms with Crippen molar-refractivity contribution < 1.29 is 38.1 Å². The Morgan fingerprint density at radius 2 is 2.03 bits per heavy atom. The molecule has 3 aromatic rings. The van der Waals surface area contributed by atoms with Crippen LogP contribution in [0.2, 0.25) is 0 Å². The molecule has 1 aliphatic rings. The third kappa shape index (κ3) is 6.66. The molecular formula is C24H32N5O8P. The van der Waals surface area contributed by atoms with Gasteiger partial charge < -0.3 is 34.5 Å². The van der Waals surface area contributed by atoms with E-state index in [1.165, 1.54) is 12.7 Å². The Bertz CT molecular complexity index is 1270. The van der Waals surface area contributed by atoms with Crippen LogP contribution in [-0.4, -0.2) is 60.3 Å². The number of imidazole rings is 1. The fraction of sp³-hybridized carbons (Fsp3) is 0.500. The van der Waals surface area contributed by atoms with Crippen molar-refractivity contribution in [1.29, 1.82) is 0 Å². The molecule has 13 nitrogen and oxygen atoms in total. The highest BCUT2D eigenvalue weighted by molar-refractivity contribution is 7.33. The van der Waals surface area contributed by atoms with Gasteiger partial charge in [0.1, 0.15) is 30.3 Å². The van der Waals surface area contributed by atoms with Crippen LogP contribution in [0.1, 0.15) is 51.5 Å². The highest BCUT2D eigenvalue weighted by atomic mass is 31.1. The first kappa shape index (κ1) is 27.9. The van der Waals surface area contributed by atoms with E-state index in [-0.39, 0.29) is 24.8 Å². The maximum absolute atomic E-state index is 12.8. The van der Waals surface area contributed by atoms with Crippen molar-refractivity contribution in [3.8, 4) is 0 Å². The molecule has 206 valence electrons. The first-order chi connectivity index (χ1) is 18.0. The summed E-state index contributed by atoms with van der Waals surface area (Å²) < 4.78 is 36.8. The summed E-state index contributed by atoms with van der Waals surface area (Å²) >= 11 is 0. The smallest absolute Gasteiger partial charge is 0.450 e. The van der Waals surface area contributed by atoms with Gasteiger partial charge in [-0.1, -0.05) is 37.3 Å². The van der Waals surface area contributed by atoms with Gasteiger partial charge in [-0.2, -0.15) is 0 Å². The van der Waals surface area contributed by atoms with Crippen LogP contribution in [0.3, 0.4) is 0 Å². The van der Waals surface area contributed by atoms with Crippen LogP contribution < -0.4 is 5.73 Å². The maximum Gasteiger partial charge on any atom is 0.506 e. The van der Waals surface area contributed by atoms with Crippen molar-refractivity contribution in [3.05, 3.63) is 48.5 Å². The average molecular weight is 550 g/mol. The van der Waals surface area contributed by atoms with E-state index in [1.54, 1.807) is 30.5 Å². The Balaban J connectivity index is 1.43. The third-order valence-corrected chi connectivity index (χ3v) is 7.48. The summed E-state index contributed by atoms with van der Waals surface area (Å²) in [6.07, 6.45) is -1.23. The fourth-order valence-electron chi connectivity index (χ4n) is 4.56. The summed E-state index contributed by atoms with van der Waals surface area (Å²) in [6, 6.07) is 9.08.